The van der Waals surface area contributed by atoms with Gasteiger partial charge in [-0.3, -0.25) is 0 Å². The first kappa shape index (κ1) is 16.7. The first-order chi connectivity index (χ1) is 7.99. The summed E-state index contributed by atoms with van der Waals surface area (Å²) in [6.07, 6.45) is 11.4. The second-order valence-corrected chi connectivity index (χ2v) is 6.31. The van der Waals surface area contributed by atoms with Crippen LogP contribution in [0.5, 0.6) is 0 Å². The van der Waals surface area contributed by atoms with Gasteiger partial charge >= 0.3 is 0 Å². The molecule has 0 heteroatoms. The van der Waals surface area contributed by atoms with Crippen LogP contribution in [-0.4, -0.2) is 0 Å². The monoisotopic (exact) mass is 238 g/mol. The van der Waals surface area contributed by atoms with Crippen LogP contribution in [0.25, 0.3) is 0 Å². The molecule has 0 heterocycles. The Bertz CT molecular complexity index is 192. The minimum atomic E-state index is 0.746. The zero-order chi connectivity index (χ0) is 13.3. The van der Waals surface area contributed by atoms with Crippen molar-refractivity contribution in [1.82, 2.24) is 0 Å². The lowest BCUT2D eigenvalue weighted by atomic mass is 9.84. The Balaban J connectivity index is 3.82. The van der Waals surface area contributed by atoms with Gasteiger partial charge in [-0.1, -0.05) is 59.6 Å². The summed E-state index contributed by atoms with van der Waals surface area (Å²) in [6, 6.07) is 0. The summed E-state index contributed by atoms with van der Waals surface area (Å²) in [5, 5.41) is 0. The van der Waals surface area contributed by atoms with Gasteiger partial charge in [-0.25, -0.2) is 0 Å². The molecule has 17 heavy (non-hydrogen) atoms. The average molecular weight is 238 g/mol. The van der Waals surface area contributed by atoms with E-state index in [1.165, 1.54) is 32.1 Å². The predicted molar refractivity (Wildman–Crippen MR) is 80.2 cm³/mol. The molecule has 4 atom stereocenters. The minimum Gasteiger partial charge on any atom is -0.0914 e. The molecule has 0 aliphatic heterocycles. The second kappa shape index (κ2) is 9.74. The van der Waals surface area contributed by atoms with Crippen LogP contribution in [-0.2, 0) is 0 Å². The van der Waals surface area contributed by atoms with Crippen LogP contribution in [0, 0.1) is 23.7 Å². The average Bonchev–Trinajstić information content (AvgIpc) is 2.16. The van der Waals surface area contributed by atoms with Crippen molar-refractivity contribution in [2.24, 2.45) is 23.7 Å². The lowest BCUT2D eigenvalue weighted by Gasteiger charge is -2.21. The maximum absolute atomic E-state index is 2.43. The summed E-state index contributed by atoms with van der Waals surface area (Å²) in [4.78, 5) is 0. The summed E-state index contributed by atoms with van der Waals surface area (Å²) in [6.45, 7) is 14.0. The van der Waals surface area contributed by atoms with E-state index in [9.17, 15) is 0 Å². The molecule has 0 aromatic rings. The Morgan fingerprint density at radius 2 is 1.35 bits per heavy atom. The zero-order valence-electron chi connectivity index (χ0n) is 13.0. The molecule has 4 unspecified atom stereocenters. The quantitative estimate of drug-likeness (QED) is 0.427. The zero-order valence-corrected chi connectivity index (χ0v) is 13.0. The normalized spacial score (nSPS) is 19.2. The highest BCUT2D eigenvalue weighted by molar-refractivity contribution is 4.83. The standard InChI is InChI=1S/C17H34/c1-7-9-14(3)11-16(5)13-17(6)12-15(4)10-8-2/h7,9,14-17H,8,10-13H2,1-6H3/b9-7+. The van der Waals surface area contributed by atoms with E-state index in [0.717, 1.165) is 23.7 Å². The van der Waals surface area contributed by atoms with Crippen LogP contribution in [0.4, 0.5) is 0 Å². The van der Waals surface area contributed by atoms with Crippen molar-refractivity contribution in [2.75, 3.05) is 0 Å². The third-order valence-electron chi connectivity index (χ3n) is 3.69. The van der Waals surface area contributed by atoms with E-state index in [-0.39, 0.29) is 0 Å². The minimum absolute atomic E-state index is 0.746. The number of allylic oxidation sites excluding steroid dienone is 2. The number of rotatable bonds is 9. The van der Waals surface area contributed by atoms with Crippen LogP contribution in [0.15, 0.2) is 12.2 Å². The topological polar surface area (TPSA) is 0 Å². The third-order valence-corrected chi connectivity index (χ3v) is 3.69. The van der Waals surface area contributed by atoms with E-state index in [1.807, 2.05) is 0 Å². The maximum atomic E-state index is 2.43. The van der Waals surface area contributed by atoms with Crippen LogP contribution in [0.2, 0.25) is 0 Å². The molecule has 0 aromatic carbocycles. The van der Waals surface area contributed by atoms with Gasteiger partial charge in [0.25, 0.3) is 0 Å². The molecule has 0 aromatic heterocycles. The molecule has 0 spiro atoms. The van der Waals surface area contributed by atoms with Crippen molar-refractivity contribution in [1.29, 1.82) is 0 Å². The lowest BCUT2D eigenvalue weighted by Crippen LogP contribution is -2.09. The fraction of sp³-hybridized carbons (Fsp3) is 0.882. The van der Waals surface area contributed by atoms with Crippen molar-refractivity contribution < 1.29 is 0 Å². The lowest BCUT2D eigenvalue weighted by molar-refractivity contribution is 0.312. The first-order valence-electron chi connectivity index (χ1n) is 7.62. The number of hydrogen-bond acceptors (Lipinski definition) is 0. The summed E-state index contributed by atoms with van der Waals surface area (Å²) in [5.41, 5.74) is 0. The van der Waals surface area contributed by atoms with E-state index in [1.54, 1.807) is 0 Å². The van der Waals surface area contributed by atoms with Gasteiger partial charge in [-0.15, -0.1) is 0 Å². The molecule has 0 radical (unpaired) electrons. The maximum Gasteiger partial charge on any atom is -0.0260 e. The van der Waals surface area contributed by atoms with Crippen LogP contribution >= 0.6 is 0 Å². The Morgan fingerprint density at radius 3 is 1.88 bits per heavy atom. The van der Waals surface area contributed by atoms with Gasteiger partial charge in [0.05, 0.1) is 0 Å². The Morgan fingerprint density at radius 1 is 0.824 bits per heavy atom. The molecule has 0 aliphatic rings. The molecule has 0 bridgehead atoms. The van der Waals surface area contributed by atoms with Crippen molar-refractivity contribution in [3.8, 4) is 0 Å². The third kappa shape index (κ3) is 9.44. The molecule has 0 saturated heterocycles. The highest BCUT2D eigenvalue weighted by Gasteiger charge is 2.13. The number of hydrogen-bond donors (Lipinski definition) is 0. The Hall–Kier alpha value is -0.260. The predicted octanol–water partition coefficient (Wildman–Crippen LogP) is 6.08. The van der Waals surface area contributed by atoms with Gasteiger partial charge in [-0.05, 0) is 49.9 Å². The van der Waals surface area contributed by atoms with Gasteiger partial charge in [-0.2, -0.15) is 0 Å². The Kier molecular flexibility index (Phi) is 9.59. The molecule has 0 rings (SSSR count). The molecule has 0 saturated carbocycles. The van der Waals surface area contributed by atoms with Crippen molar-refractivity contribution in [3.63, 3.8) is 0 Å². The Labute approximate surface area is 110 Å². The van der Waals surface area contributed by atoms with E-state index in [0.29, 0.717) is 0 Å². The second-order valence-electron chi connectivity index (χ2n) is 6.31. The molecule has 0 aliphatic carbocycles. The molecular weight excluding hydrogens is 204 g/mol. The fourth-order valence-corrected chi connectivity index (χ4v) is 3.22. The summed E-state index contributed by atoms with van der Waals surface area (Å²) in [7, 11) is 0. The van der Waals surface area contributed by atoms with Crippen LogP contribution in [0.1, 0.15) is 73.6 Å². The van der Waals surface area contributed by atoms with Gasteiger partial charge < -0.3 is 0 Å². The molecule has 102 valence electrons. The van der Waals surface area contributed by atoms with Crippen LogP contribution in [0.3, 0.4) is 0 Å². The summed E-state index contributed by atoms with van der Waals surface area (Å²) < 4.78 is 0. The fourth-order valence-electron chi connectivity index (χ4n) is 3.22. The first-order valence-corrected chi connectivity index (χ1v) is 7.62. The molecular formula is C17H34. The SMILES string of the molecule is C/C=C/C(C)CC(C)CC(C)CC(C)CCC. The van der Waals surface area contributed by atoms with Crippen molar-refractivity contribution >= 4 is 0 Å². The van der Waals surface area contributed by atoms with E-state index in [4.69, 9.17) is 0 Å². The van der Waals surface area contributed by atoms with Crippen molar-refractivity contribution in [3.05, 3.63) is 12.2 Å². The highest BCUT2D eigenvalue weighted by atomic mass is 14.2. The largest absolute Gasteiger partial charge is 0.0914 e. The highest BCUT2D eigenvalue weighted by Crippen LogP contribution is 2.25. The summed E-state index contributed by atoms with van der Waals surface area (Å²) >= 11 is 0. The van der Waals surface area contributed by atoms with E-state index < -0.39 is 0 Å². The molecule has 0 amide bonds. The van der Waals surface area contributed by atoms with Gasteiger partial charge in [0, 0.05) is 0 Å². The van der Waals surface area contributed by atoms with Gasteiger partial charge in [0.1, 0.15) is 0 Å². The van der Waals surface area contributed by atoms with Crippen LogP contribution < -0.4 is 0 Å². The van der Waals surface area contributed by atoms with Crippen molar-refractivity contribution in [2.45, 2.75) is 73.6 Å². The van der Waals surface area contributed by atoms with Gasteiger partial charge in [0.15, 0.2) is 0 Å². The molecule has 0 fully saturated rings. The van der Waals surface area contributed by atoms with Gasteiger partial charge in [0.2, 0.25) is 0 Å². The molecule has 0 N–H and O–H groups in total. The van der Waals surface area contributed by atoms with E-state index in [2.05, 4.69) is 53.7 Å². The summed E-state index contributed by atoms with van der Waals surface area (Å²) in [5.74, 6) is 3.42. The molecule has 0 nitrogen and oxygen atoms in total. The smallest absolute Gasteiger partial charge is 0.0260 e. The van der Waals surface area contributed by atoms with E-state index >= 15 is 0 Å².